The van der Waals surface area contributed by atoms with Crippen LogP contribution < -0.4 is 0 Å². The van der Waals surface area contributed by atoms with Crippen LogP contribution >= 0.6 is 0 Å². The molecule has 0 aliphatic rings. The van der Waals surface area contributed by atoms with Crippen LogP contribution in [0.15, 0.2) is 0 Å². The molecule has 0 radical (unpaired) electrons. The molecule has 0 saturated carbocycles. The molecule has 51 heavy (non-hydrogen) atoms. The first-order chi connectivity index (χ1) is 24.6. The van der Waals surface area contributed by atoms with Gasteiger partial charge in [0, 0.05) is 90.1 Å². The number of aliphatic hydroxyl groups is 9. The van der Waals surface area contributed by atoms with Crippen LogP contribution in [0.2, 0.25) is 0 Å². The molecule has 0 aromatic heterocycles. The SMILES string of the molecule is O=COCCC(CCCO)(CCCO)CCCO.O=[N+]([O-])C(CCCO)(CCCO)CCCO.[C-]#[N+]CCC(CCCO)(CCCO)CCCO. The second-order valence-corrected chi connectivity index (χ2v) is 13.3. The second kappa shape index (κ2) is 37.7. The Morgan fingerprint density at radius 3 is 1.02 bits per heavy atom. The molecular formula is C36H72N2O13. The molecule has 0 saturated heterocycles. The smallest absolute Gasteiger partial charge is 0.293 e. The first-order valence-corrected chi connectivity index (χ1v) is 18.6. The molecule has 15 heteroatoms. The van der Waals surface area contributed by atoms with Crippen molar-refractivity contribution in [3.05, 3.63) is 21.5 Å². The fourth-order valence-electron chi connectivity index (χ4n) is 6.71. The van der Waals surface area contributed by atoms with Crippen molar-refractivity contribution in [3.63, 3.8) is 0 Å². The van der Waals surface area contributed by atoms with E-state index in [9.17, 15) is 14.9 Å². The van der Waals surface area contributed by atoms with Crippen molar-refractivity contribution in [2.75, 3.05) is 72.6 Å². The molecule has 0 bridgehead atoms. The number of hydrogen-bond acceptors (Lipinski definition) is 13. The van der Waals surface area contributed by atoms with E-state index in [1.807, 2.05) is 0 Å². The van der Waals surface area contributed by atoms with Crippen LogP contribution in [0.4, 0.5) is 0 Å². The molecule has 15 nitrogen and oxygen atoms in total. The summed E-state index contributed by atoms with van der Waals surface area (Å²) in [6, 6.07) is 0. The molecule has 0 spiro atoms. The van der Waals surface area contributed by atoms with Crippen LogP contribution in [-0.2, 0) is 9.53 Å². The van der Waals surface area contributed by atoms with Crippen LogP contribution in [0, 0.1) is 27.5 Å². The number of hydrogen-bond donors (Lipinski definition) is 9. The van der Waals surface area contributed by atoms with Gasteiger partial charge < -0.3 is 55.5 Å². The molecule has 0 fully saturated rings. The lowest BCUT2D eigenvalue weighted by Crippen LogP contribution is -2.39. The summed E-state index contributed by atoms with van der Waals surface area (Å²) in [6.07, 6.45) is 12.9. The molecule has 0 heterocycles. The third-order valence-corrected chi connectivity index (χ3v) is 9.55. The van der Waals surface area contributed by atoms with Crippen LogP contribution in [-0.4, -0.2) is 136 Å². The molecule has 0 rings (SSSR count). The Balaban J connectivity index is -0.000000679. The normalized spacial score (nSPS) is 11.5. The maximum Gasteiger partial charge on any atom is 0.293 e. The number of carbonyl (C=O) groups is 1. The molecule has 0 aliphatic heterocycles. The van der Waals surface area contributed by atoms with Crippen molar-refractivity contribution in [2.45, 2.75) is 134 Å². The third-order valence-electron chi connectivity index (χ3n) is 9.55. The Kier molecular flexibility index (Phi) is 39.5. The monoisotopic (exact) mass is 741 g/mol. The molecule has 0 aliphatic carbocycles. The zero-order valence-corrected chi connectivity index (χ0v) is 31.1. The number of ether oxygens (including phenoxy) is 1. The molecule has 0 amide bonds. The first-order valence-electron chi connectivity index (χ1n) is 18.6. The van der Waals surface area contributed by atoms with Gasteiger partial charge in [-0.25, -0.2) is 6.57 Å². The Morgan fingerprint density at radius 1 is 0.510 bits per heavy atom. The molecular weight excluding hydrogens is 668 g/mol. The molecule has 0 unspecified atom stereocenters. The summed E-state index contributed by atoms with van der Waals surface area (Å²) in [5, 5.41) is 91.1. The van der Waals surface area contributed by atoms with Crippen molar-refractivity contribution in [1.82, 2.24) is 0 Å². The maximum absolute atomic E-state index is 11.1. The molecule has 0 aromatic carbocycles. The largest absolute Gasteiger partial charge is 0.468 e. The Bertz CT molecular complexity index is 749. The quantitative estimate of drug-likeness (QED) is 0.0151. The van der Waals surface area contributed by atoms with E-state index in [0.717, 1.165) is 64.2 Å². The van der Waals surface area contributed by atoms with Gasteiger partial charge in [-0.3, -0.25) is 14.9 Å². The third kappa shape index (κ3) is 28.2. The van der Waals surface area contributed by atoms with Crippen LogP contribution in [0.1, 0.15) is 128 Å². The molecule has 9 N–H and O–H groups in total. The van der Waals surface area contributed by atoms with Gasteiger partial charge in [-0.2, -0.15) is 0 Å². The van der Waals surface area contributed by atoms with Crippen LogP contribution in [0.3, 0.4) is 0 Å². The average Bonchev–Trinajstić information content (AvgIpc) is 3.15. The minimum atomic E-state index is -1.10. The second-order valence-electron chi connectivity index (χ2n) is 13.3. The number of nitrogens with zero attached hydrogens (tertiary/aromatic N) is 2. The summed E-state index contributed by atoms with van der Waals surface area (Å²) in [6.45, 7) is 8.84. The number of aliphatic hydroxyl groups excluding tert-OH is 9. The molecule has 0 aromatic rings. The van der Waals surface area contributed by atoms with Crippen molar-refractivity contribution in [2.24, 2.45) is 10.8 Å². The van der Waals surface area contributed by atoms with Gasteiger partial charge in [0.15, 0.2) is 0 Å². The summed E-state index contributed by atoms with van der Waals surface area (Å²) in [5.41, 5.74) is -1.15. The Labute approximate surface area is 305 Å². The van der Waals surface area contributed by atoms with E-state index >= 15 is 0 Å². The van der Waals surface area contributed by atoms with Crippen molar-refractivity contribution in [3.8, 4) is 0 Å². The highest BCUT2D eigenvalue weighted by atomic mass is 16.6. The fraction of sp³-hybridized carbons (Fsp3) is 0.944. The highest BCUT2D eigenvalue weighted by molar-refractivity contribution is 5.36. The van der Waals surface area contributed by atoms with E-state index in [0.29, 0.717) is 64.6 Å². The van der Waals surface area contributed by atoms with E-state index in [1.54, 1.807) is 0 Å². The first kappa shape index (κ1) is 53.4. The van der Waals surface area contributed by atoms with Gasteiger partial charge in [0.05, 0.1) is 6.61 Å². The van der Waals surface area contributed by atoms with Gasteiger partial charge in [-0.1, -0.05) is 0 Å². The van der Waals surface area contributed by atoms with Gasteiger partial charge in [-0.15, -0.1) is 0 Å². The zero-order valence-electron chi connectivity index (χ0n) is 31.1. The van der Waals surface area contributed by atoms with Crippen molar-refractivity contribution >= 4 is 6.47 Å². The van der Waals surface area contributed by atoms with Crippen molar-refractivity contribution in [1.29, 1.82) is 0 Å². The predicted molar refractivity (Wildman–Crippen MR) is 194 cm³/mol. The summed E-state index contributed by atoms with van der Waals surface area (Å²) in [4.78, 5) is 24.4. The van der Waals surface area contributed by atoms with E-state index in [2.05, 4.69) is 4.85 Å². The van der Waals surface area contributed by atoms with Crippen molar-refractivity contribution < 1.29 is 60.4 Å². The summed E-state index contributed by atoms with van der Waals surface area (Å²) in [7, 11) is 0. The molecule has 0 atom stereocenters. The predicted octanol–water partition coefficient (Wildman–Crippen LogP) is 2.77. The van der Waals surface area contributed by atoms with E-state index in [-0.39, 0.29) is 94.5 Å². The number of nitro groups is 1. The maximum atomic E-state index is 11.1. The number of carbonyl (C=O) groups excluding carboxylic acids is 1. The van der Waals surface area contributed by atoms with Gasteiger partial charge in [-0.05, 0) is 114 Å². The zero-order chi connectivity index (χ0) is 39.1. The minimum absolute atomic E-state index is 0.0126. The Hall–Kier alpha value is -2.00. The van der Waals surface area contributed by atoms with E-state index < -0.39 is 5.54 Å². The highest BCUT2D eigenvalue weighted by Gasteiger charge is 2.40. The molecule has 304 valence electrons. The van der Waals surface area contributed by atoms with E-state index in [4.69, 9.17) is 57.3 Å². The number of rotatable bonds is 34. The summed E-state index contributed by atoms with van der Waals surface area (Å²) in [5.74, 6) is 0. The lowest BCUT2D eigenvalue weighted by atomic mass is 9.73. The fourth-order valence-corrected chi connectivity index (χ4v) is 6.71. The standard InChI is InChI=1S/C13H25NO3.C13H26O5.C10H21NO5/c1-14-9-8-13(5-2-10-15,6-3-11-16)7-4-12-17;14-8-1-4-13(5-2-9-15,6-3-10-16)7-11-18-12-17;12-7-1-4-10(11(15)16,5-2-8-13)6-3-9-14/h15-17H,2-12H2;12,14-16H,1-11H2;12-14H,1-9H2. The summed E-state index contributed by atoms with van der Waals surface area (Å²) < 4.78 is 4.76. The van der Waals surface area contributed by atoms with Gasteiger partial charge in [0.25, 0.3) is 6.47 Å². The Morgan fingerprint density at radius 2 is 0.784 bits per heavy atom. The minimum Gasteiger partial charge on any atom is -0.468 e. The van der Waals surface area contributed by atoms with Gasteiger partial charge in [0.2, 0.25) is 12.1 Å². The lowest BCUT2D eigenvalue weighted by molar-refractivity contribution is -0.574. The topological polar surface area (TPSA) is 256 Å². The van der Waals surface area contributed by atoms with Gasteiger partial charge in [0.1, 0.15) is 0 Å². The lowest BCUT2D eigenvalue weighted by Gasteiger charge is -2.33. The van der Waals surface area contributed by atoms with Gasteiger partial charge >= 0.3 is 0 Å². The summed E-state index contributed by atoms with van der Waals surface area (Å²) >= 11 is 0. The van der Waals surface area contributed by atoms with E-state index in [1.165, 1.54) is 0 Å². The highest BCUT2D eigenvalue weighted by Crippen LogP contribution is 2.39. The van der Waals surface area contributed by atoms with Crippen LogP contribution in [0.25, 0.3) is 4.85 Å². The average molecular weight is 741 g/mol. The van der Waals surface area contributed by atoms with Crippen LogP contribution in [0.5, 0.6) is 0 Å².